The zero-order valence-corrected chi connectivity index (χ0v) is 22.2. The molecule has 0 bridgehead atoms. The van der Waals surface area contributed by atoms with Gasteiger partial charge in [0.25, 0.3) is 0 Å². The summed E-state index contributed by atoms with van der Waals surface area (Å²) in [6, 6.07) is 9.71. The average molecular weight is 548 g/mol. The number of hydrogen-bond donors (Lipinski definition) is 2. The Morgan fingerprint density at radius 3 is 2.51 bits per heavy atom. The SMILES string of the molecule is Cc1ccc(NC(=O)N2CC[C@@H](CC(F)(F)F)C2)cc1-c1cc(NC2CCOCC2)nc(N2CCOCC2)c1. The molecule has 1 aromatic carbocycles. The van der Waals surface area contributed by atoms with Crippen molar-refractivity contribution in [3.05, 3.63) is 35.9 Å². The lowest BCUT2D eigenvalue weighted by Crippen LogP contribution is -2.37. The molecule has 3 aliphatic heterocycles. The van der Waals surface area contributed by atoms with Crippen LogP contribution in [0, 0.1) is 12.8 Å². The Morgan fingerprint density at radius 2 is 1.77 bits per heavy atom. The smallest absolute Gasteiger partial charge is 0.381 e. The van der Waals surface area contributed by atoms with Crippen molar-refractivity contribution in [2.75, 3.05) is 68.1 Å². The Labute approximate surface area is 226 Å². The topological polar surface area (TPSA) is 79.0 Å². The number of anilines is 3. The highest BCUT2D eigenvalue weighted by Crippen LogP contribution is 2.33. The van der Waals surface area contributed by atoms with Crippen LogP contribution in [0.5, 0.6) is 0 Å². The van der Waals surface area contributed by atoms with Crippen LogP contribution in [-0.4, -0.2) is 80.7 Å². The molecule has 2 amide bonds. The van der Waals surface area contributed by atoms with Crippen molar-refractivity contribution in [1.29, 1.82) is 0 Å². The third-order valence-electron chi connectivity index (χ3n) is 7.61. The van der Waals surface area contributed by atoms with Gasteiger partial charge in [0.1, 0.15) is 11.6 Å². The minimum atomic E-state index is -4.22. The summed E-state index contributed by atoms with van der Waals surface area (Å²) in [6.07, 6.45) is -2.88. The first-order valence-electron chi connectivity index (χ1n) is 13.7. The van der Waals surface area contributed by atoms with Crippen LogP contribution in [0.3, 0.4) is 0 Å². The van der Waals surface area contributed by atoms with Crippen LogP contribution in [0.4, 0.5) is 35.3 Å². The molecule has 39 heavy (non-hydrogen) atoms. The van der Waals surface area contributed by atoms with Gasteiger partial charge in [-0.15, -0.1) is 0 Å². The number of amides is 2. The monoisotopic (exact) mass is 547 g/mol. The number of rotatable bonds is 6. The molecule has 0 spiro atoms. The van der Waals surface area contributed by atoms with Crippen LogP contribution in [0.1, 0.15) is 31.2 Å². The number of nitrogens with zero attached hydrogens (tertiary/aromatic N) is 3. The Bertz CT molecular complexity index is 1150. The number of carbonyl (C=O) groups excluding carboxylic acids is 1. The van der Waals surface area contributed by atoms with Crippen molar-refractivity contribution >= 4 is 23.4 Å². The second kappa shape index (κ2) is 12.0. The molecular formula is C28H36F3N5O3. The summed E-state index contributed by atoms with van der Waals surface area (Å²) in [7, 11) is 0. The number of likely N-dealkylation sites (tertiary alicyclic amines) is 1. The largest absolute Gasteiger partial charge is 0.389 e. The molecule has 1 atom stereocenters. The van der Waals surface area contributed by atoms with Gasteiger partial charge >= 0.3 is 12.2 Å². The van der Waals surface area contributed by atoms with Crippen LogP contribution >= 0.6 is 0 Å². The first kappa shape index (κ1) is 27.5. The highest BCUT2D eigenvalue weighted by molar-refractivity contribution is 5.91. The molecule has 11 heteroatoms. The molecule has 3 fully saturated rings. The number of urea groups is 1. The molecule has 2 aromatic rings. The van der Waals surface area contributed by atoms with Gasteiger partial charge in [-0.1, -0.05) is 6.07 Å². The number of pyridine rings is 1. The minimum Gasteiger partial charge on any atom is -0.381 e. The fraction of sp³-hybridized carbons (Fsp3) is 0.571. The fourth-order valence-corrected chi connectivity index (χ4v) is 5.48. The van der Waals surface area contributed by atoms with Gasteiger partial charge in [0.05, 0.1) is 13.2 Å². The van der Waals surface area contributed by atoms with Gasteiger partial charge < -0.3 is 29.9 Å². The molecule has 0 aliphatic carbocycles. The number of morpholine rings is 1. The van der Waals surface area contributed by atoms with E-state index in [1.54, 1.807) is 0 Å². The quantitative estimate of drug-likeness (QED) is 0.512. The number of nitrogens with one attached hydrogen (secondary N) is 2. The van der Waals surface area contributed by atoms with Gasteiger partial charge in [-0.25, -0.2) is 9.78 Å². The van der Waals surface area contributed by atoms with E-state index in [-0.39, 0.29) is 18.6 Å². The third kappa shape index (κ3) is 7.33. The Morgan fingerprint density at radius 1 is 1.03 bits per heavy atom. The van der Waals surface area contributed by atoms with E-state index in [0.717, 1.165) is 67.5 Å². The second-order valence-electron chi connectivity index (χ2n) is 10.6. The van der Waals surface area contributed by atoms with E-state index in [0.29, 0.717) is 31.9 Å². The zero-order valence-electron chi connectivity index (χ0n) is 22.2. The van der Waals surface area contributed by atoms with Crippen LogP contribution in [0.15, 0.2) is 30.3 Å². The van der Waals surface area contributed by atoms with Crippen molar-refractivity contribution < 1.29 is 27.4 Å². The summed E-state index contributed by atoms with van der Waals surface area (Å²) >= 11 is 0. The van der Waals surface area contributed by atoms with Crippen LogP contribution in [0.25, 0.3) is 11.1 Å². The van der Waals surface area contributed by atoms with E-state index in [2.05, 4.69) is 21.6 Å². The normalized spacial score (nSPS) is 20.8. The molecule has 8 nitrogen and oxygen atoms in total. The van der Waals surface area contributed by atoms with E-state index in [1.807, 2.05) is 31.2 Å². The standard InChI is InChI=1S/C28H36F3N5O3/c1-19-2-3-23(33-27(37)36-7-4-20(18-36)17-28(29,30)31)16-24(19)21-14-25(32-22-5-10-38-11-6-22)34-26(15-21)35-8-12-39-13-9-35/h2-3,14-16,20,22H,4-13,17-18H2,1H3,(H,32,34)(H,33,37)/t20-/m0/s1. The number of aromatic nitrogens is 1. The van der Waals surface area contributed by atoms with Crippen LogP contribution < -0.4 is 15.5 Å². The Kier molecular flexibility index (Phi) is 8.46. The maximum atomic E-state index is 12.9. The number of alkyl halides is 3. The van der Waals surface area contributed by atoms with Crippen LogP contribution in [-0.2, 0) is 9.47 Å². The summed E-state index contributed by atoms with van der Waals surface area (Å²) in [5, 5.41) is 6.49. The summed E-state index contributed by atoms with van der Waals surface area (Å²) in [5.41, 5.74) is 3.57. The molecule has 0 unspecified atom stereocenters. The lowest BCUT2D eigenvalue weighted by Gasteiger charge is -2.29. The number of hydrogen-bond acceptors (Lipinski definition) is 6. The molecule has 1 aromatic heterocycles. The van der Waals surface area contributed by atoms with Crippen LogP contribution in [0.2, 0.25) is 0 Å². The van der Waals surface area contributed by atoms with E-state index < -0.39 is 18.5 Å². The molecule has 2 N–H and O–H groups in total. The lowest BCUT2D eigenvalue weighted by atomic mass is 10.00. The van der Waals surface area contributed by atoms with Gasteiger partial charge in [0, 0.05) is 57.5 Å². The lowest BCUT2D eigenvalue weighted by molar-refractivity contribution is -0.143. The molecule has 3 saturated heterocycles. The minimum absolute atomic E-state index is 0.110. The van der Waals surface area contributed by atoms with Gasteiger partial charge in [-0.2, -0.15) is 13.2 Å². The first-order chi connectivity index (χ1) is 18.7. The highest BCUT2D eigenvalue weighted by atomic mass is 19.4. The fourth-order valence-electron chi connectivity index (χ4n) is 5.48. The van der Waals surface area contributed by atoms with Gasteiger partial charge in [-0.05, 0) is 73.1 Å². The number of halogens is 3. The van der Waals surface area contributed by atoms with E-state index in [9.17, 15) is 18.0 Å². The van der Waals surface area contributed by atoms with Crippen molar-refractivity contribution in [2.45, 2.75) is 44.8 Å². The third-order valence-corrected chi connectivity index (χ3v) is 7.61. The second-order valence-corrected chi connectivity index (χ2v) is 10.6. The first-order valence-corrected chi connectivity index (χ1v) is 13.7. The maximum Gasteiger partial charge on any atom is 0.389 e. The zero-order chi connectivity index (χ0) is 27.4. The van der Waals surface area contributed by atoms with Gasteiger partial charge in [-0.3, -0.25) is 0 Å². The van der Waals surface area contributed by atoms with Crippen molar-refractivity contribution in [3.8, 4) is 11.1 Å². The Balaban J connectivity index is 1.36. The predicted octanol–water partition coefficient (Wildman–Crippen LogP) is 5.29. The Hall–Kier alpha value is -3.05. The van der Waals surface area contributed by atoms with E-state index in [4.69, 9.17) is 14.5 Å². The molecule has 212 valence electrons. The number of aryl methyl sites for hydroxylation is 1. The highest BCUT2D eigenvalue weighted by Gasteiger charge is 2.36. The number of carbonyl (C=O) groups is 1. The van der Waals surface area contributed by atoms with Crippen molar-refractivity contribution in [3.63, 3.8) is 0 Å². The summed E-state index contributed by atoms with van der Waals surface area (Å²) < 4.78 is 49.4. The van der Waals surface area contributed by atoms with E-state index >= 15 is 0 Å². The maximum absolute atomic E-state index is 12.9. The summed E-state index contributed by atoms with van der Waals surface area (Å²) in [6.45, 7) is 6.71. The molecule has 4 heterocycles. The predicted molar refractivity (Wildman–Crippen MR) is 144 cm³/mol. The summed E-state index contributed by atoms with van der Waals surface area (Å²) in [4.78, 5) is 21.5. The molecular weight excluding hydrogens is 511 g/mol. The van der Waals surface area contributed by atoms with E-state index in [1.165, 1.54) is 4.90 Å². The number of benzene rings is 1. The average Bonchev–Trinajstić information content (AvgIpc) is 3.38. The summed E-state index contributed by atoms with van der Waals surface area (Å²) in [5.74, 6) is 1.11. The molecule has 0 saturated carbocycles. The van der Waals surface area contributed by atoms with Gasteiger partial charge in [0.2, 0.25) is 0 Å². The van der Waals surface area contributed by atoms with Crippen molar-refractivity contribution in [2.24, 2.45) is 5.92 Å². The molecule has 3 aliphatic rings. The molecule has 0 radical (unpaired) electrons. The van der Waals surface area contributed by atoms with Crippen molar-refractivity contribution in [1.82, 2.24) is 9.88 Å². The number of ether oxygens (including phenoxy) is 2. The molecule has 5 rings (SSSR count). The van der Waals surface area contributed by atoms with Gasteiger partial charge in [0.15, 0.2) is 0 Å².